The molecule has 4 aromatic carbocycles. The van der Waals surface area contributed by atoms with Crippen molar-refractivity contribution in [3.8, 4) is 28.7 Å². The van der Waals surface area contributed by atoms with Crippen LogP contribution < -0.4 is 15.6 Å². The van der Waals surface area contributed by atoms with Gasteiger partial charge in [-0.2, -0.15) is 0 Å². The van der Waals surface area contributed by atoms with Crippen molar-refractivity contribution in [2.45, 2.75) is 36.9 Å². The minimum atomic E-state index is -2.35. The number of phenols is 4. The van der Waals surface area contributed by atoms with E-state index in [0.717, 1.165) is 30.3 Å². The van der Waals surface area contributed by atoms with Crippen molar-refractivity contribution in [3.05, 3.63) is 130 Å². The van der Waals surface area contributed by atoms with Gasteiger partial charge >= 0.3 is 0 Å². The second-order valence-corrected chi connectivity index (χ2v) is 16.8. The molecule has 4 heterocycles. The van der Waals surface area contributed by atoms with Crippen molar-refractivity contribution in [2.24, 2.45) is 0 Å². The number of piperidine rings is 2. The van der Waals surface area contributed by atoms with Crippen LogP contribution in [0.15, 0.2) is 54.8 Å². The summed E-state index contributed by atoms with van der Waals surface area (Å²) in [7, 11) is 3.64. The van der Waals surface area contributed by atoms with Gasteiger partial charge < -0.3 is 48.9 Å². The number of halogens is 7. The summed E-state index contributed by atoms with van der Waals surface area (Å²) in [5.74, 6) is -14.7. The predicted molar refractivity (Wildman–Crippen MR) is 232 cm³/mol. The zero-order chi connectivity index (χ0) is 46.8. The molecular formula is C46H37Cl2F5N2O10. The fourth-order valence-electron chi connectivity index (χ4n) is 8.56. The quantitative estimate of drug-likeness (QED) is 0.0558. The Kier molecular flexibility index (Phi) is 12.4. The minimum absolute atomic E-state index is 0.000212. The van der Waals surface area contributed by atoms with E-state index < -0.39 is 92.6 Å². The van der Waals surface area contributed by atoms with Gasteiger partial charge in [-0.25, -0.2) is 22.0 Å². The molecule has 340 valence electrons. The first-order valence-electron chi connectivity index (χ1n) is 20.0. The van der Waals surface area contributed by atoms with E-state index in [1.54, 1.807) is 7.05 Å². The van der Waals surface area contributed by atoms with E-state index in [1.807, 2.05) is 16.8 Å². The monoisotopic (exact) mass is 942 g/mol. The van der Waals surface area contributed by atoms with Crippen molar-refractivity contribution < 1.29 is 61.1 Å². The molecule has 0 bridgehead atoms. The van der Waals surface area contributed by atoms with Crippen LogP contribution in [-0.2, 0) is 0 Å². The first kappa shape index (κ1) is 45.5. The molecule has 0 aliphatic carbocycles. The zero-order valence-corrected chi connectivity index (χ0v) is 35.7. The summed E-state index contributed by atoms with van der Waals surface area (Å²) < 4.78 is 89.0. The van der Waals surface area contributed by atoms with Gasteiger partial charge in [-0.1, -0.05) is 23.2 Å². The van der Waals surface area contributed by atoms with Gasteiger partial charge in [0.15, 0.2) is 34.1 Å². The summed E-state index contributed by atoms with van der Waals surface area (Å²) >= 11 is 13.6. The number of benzene rings is 4. The topological polar surface area (TPSA) is 177 Å². The molecule has 5 N–H and O–H groups in total. The summed E-state index contributed by atoms with van der Waals surface area (Å²) in [4.78, 5) is 30.6. The van der Waals surface area contributed by atoms with E-state index >= 15 is 0 Å². The number of likely N-dealkylation sites (tertiary alicyclic amines) is 2. The maximum atomic E-state index is 14.5. The molecule has 0 spiro atoms. The van der Waals surface area contributed by atoms with Crippen LogP contribution in [0.2, 0.25) is 10.0 Å². The van der Waals surface area contributed by atoms with Crippen molar-refractivity contribution in [3.63, 3.8) is 0 Å². The second kappa shape index (κ2) is 17.7. The lowest BCUT2D eigenvalue weighted by atomic mass is 9.85. The molecule has 65 heavy (non-hydrogen) atoms. The predicted octanol–water partition coefficient (Wildman–Crippen LogP) is 8.71. The fourth-order valence-corrected chi connectivity index (χ4v) is 9.10. The first-order valence-corrected chi connectivity index (χ1v) is 20.7. The average Bonchev–Trinajstić information content (AvgIpc) is 3.24. The number of aliphatic hydroxyl groups is 1. The molecule has 2 fully saturated rings. The Balaban J connectivity index is 1.15. The maximum absolute atomic E-state index is 14.5. The SMILES string of the molecule is CN1CCC(c2c(O)cc(O)c3c(=O)cc(/C=C/c4c(Cl)ccc(OC5CN(C)CCC5c5c(O)cc(O)c6c(=O)cc(C=Cc7c(F)c(F)c(F)c(F)c7F)oc56)c4Cl)oc23)C(O)C1. The highest BCUT2D eigenvalue weighted by Crippen LogP contribution is 2.45. The van der Waals surface area contributed by atoms with Gasteiger partial charge in [0.25, 0.3) is 0 Å². The van der Waals surface area contributed by atoms with Crippen molar-refractivity contribution in [2.75, 3.05) is 40.3 Å². The Morgan fingerprint density at radius 1 is 0.646 bits per heavy atom. The number of nitrogens with zero attached hydrogens (tertiary/aromatic N) is 2. The highest BCUT2D eigenvalue weighted by Gasteiger charge is 2.37. The van der Waals surface area contributed by atoms with Gasteiger partial charge in [-0.3, -0.25) is 9.59 Å². The molecule has 4 atom stereocenters. The zero-order valence-electron chi connectivity index (χ0n) is 34.1. The van der Waals surface area contributed by atoms with E-state index in [-0.39, 0.29) is 78.9 Å². The molecular weight excluding hydrogens is 906 g/mol. The smallest absolute Gasteiger partial charge is 0.200 e. The summed E-state index contributed by atoms with van der Waals surface area (Å²) in [5, 5.41) is 54.2. The standard InChI is InChI=1S/C46H37Cl2F5N2O10/c1-54-11-9-22(32(62)17-54)35-28(58)15-30(60)37-26(56)13-19(63-45(35)37)3-5-21-25(47)7-8-33(39(21)48)65-34-18-55(2)12-10-23(34)36-29(59)16-31(61)38-27(57)14-20(64-46(36)38)4-6-24-40(49)42(51)44(53)43(52)41(24)50/h3-8,13-16,22-23,32,34,58-62H,9-12,17-18H2,1-2H3/b5-3+,6-4?. The number of hydrogen-bond donors (Lipinski definition) is 5. The Morgan fingerprint density at radius 3 is 1.66 bits per heavy atom. The Labute approximate surface area is 374 Å². The molecule has 8 rings (SSSR count). The summed E-state index contributed by atoms with van der Waals surface area (Å²) in [5.41, 5.74) is -2.85. The molecule has 2 aliphatic rings. The lowest BCUT2D eigenvalue weighted by Gasteiger charge is -2.37. The number of fused-ring (bicyclic) bond motifs is 2. The van der Waals surface area contributed by atoms with Crippen molar-refractivity contribution in [1.82, 2.24) is 9.80 Å². The van der Waals surface area contributed by atoms with Crippen LogP contribution in [0.3, 0.4) is 0 Å². The first-order chi connectivity index (χ1) is 30.8. The molecule has 2 aliphatic heterocycles. The number of aliphatic hydroxyl groups excluding tert-OH is 1. The minimum Gasteiger partial charge on any atom is -0.507 e. The van der Waals surface area contributed by atoms with Crippen LogP contribution in [0.4, 0.5) is 22.0 Å². The lowest BCUT2D eigenvalue weighted by molar-refractivity contribution is 0.0630. The third-order valence-electron chi connectivity index (χ3n) is 11.8. The highest BCUT2D eigenvalue weighted by molar-refractivity contribution is 6.38. The van der Waals surface area contributed by atoms with E-state index in [2.05, 4.69) is 0 Å². The normalized spacial score (nSPS) is 19.9. The largest absolute Gasteiger partial charge is 0.507 e. The maximum Gasteiger partial charge on any atom is 0.200 e. The number of phenolic OH excluding ortho intramolecular Hbond substituents is 4. The van der Waals surface area contributed by atoms with Crippen LogP contribution in [0.1, 0.15) is 58.5 Å². The Bertz CT molecular complexity index is 3080. The molecule has 6 aromatic rings. The average molecular weight is 944 g/mol. The summed E-state index contributed by atoms with van der Waals surface area (Å²) in [6, 6.07) is 6.93. The summed E-state index contributed by atoms with van der Waals surface area (Å²) in [6.45, 7) is 1.52. The van der Waals surface area contributed by atoms with Crippen LogP contribution >= 0.6 is 23.2 Å². The van der Waals surface area contributed by atoms with Crippen LogP contribution in [0.25, 0.3) is 46.2 Å². The Hall–Kier alpha value is -6.11. The molecule has 0 saturated carbocycles. The van der Waals surface area contributed by atoms with Crippen LogP contribution in [0.5, 0.6) is 28.7 Å². The molecule has 2 aromatic heterocycles. The number of ether oxygens (including phenoxy) is 1. The van der Waals surface area contributed by atoms with Gasteiger partial charge in [-0.05, 0) is 76.5 Å². The molecule has 0 amide bonds. The molecule has 4 unspecified atom stereocenters. The third kappa shape index (κ3) is 8.38. The van der Waals surface area contributed by atoms with Gasteiger partial charge in [0, 0.05) is 70.9 Å². The second-order valence-electron chi connectivity index (χ2n) is 16.1. The van der Waals surface area contributed by atoms with Crippen LogP contribution in [0, 0.1) is 29.1 Å². The number of β-amino-alcohol motifs (C(OH)–C–C–N with tert-alkyl or cyclic N) is 1. The third-order valence-corrected chi connectivity index (χ3v) is 12.5. The Morgan fingerprint density at radius 2 is 1.12 bits per heavy atom. The number of rotatable bonds is 8. The molecule has 2 saturated heterocycles. The van der Waals surface area contributed by atoms with Crippen molar-refractivity contribution in [1.29, 1.82) is 0 Å². The van der Waals surface area contributed by atoms with E-state index in [4.69, 9.17) is 36.8 Å². The number of hydrogen-bond acceptors (Lipinski definition) is 12. The van der Waals surface area contributed by atoms with E-state index in [1.165, 1.54) is 24.3 Å². The number of aromatic hydroxyl groups is 4. The van der Waals surface area contributed by atoms with Gasteiger partial charge in [0.2, 0.25) is 5.82 Å². The molecule has 19 heteroatoms. The van der Waals surface area contributed by atoms with E-state index in [9.17, 15) is 57.1 Å². The molecule has 0 radical (unpaired) electrons. The number of likely N-dealkylation sites (N-methyl/N-ethyl adjacent to an activating group) is 2. The lowest BCUT2D eigenvalue weighted by Crippen LogP contribution is -2.44. The fraction of sp³-hybridized carbons (Fsp3) is 0.261. The van der Waals surface area contributed by atoms with Gasteiger partial charge in [0.1, 0.15) is 68.3 Å². The van der Waals surface area contributed by atoms with E-state index in [0.29, 0.717) is 32.1 Å². The van der Waals surface area contributed by atoms with Crippen molar-refractivity contribution >= 4 is 69.4 Å². The van der Waals surface area contributed by atoms with Gasteiger partial charge in [0.05, 0.1) is 16.7 Å². The highest BCUT2D eigenvalue weighted by atomic mass is 35.5. The van der Waals surface area contributed by atoms with Gasteiger partial charge in [-0.15, -0.1) is 0 Å². The molecule has 12 nitrogen and oxygen atoms in total. The summed E-state index contributed by atoms with van der Waals surface area (Å²) in [6.07, 6.45) is 3.09. The van der Waals surface area contributed by atoms with Crippen LogP contribution in [-0.4, -0.2) is 87.8 Å².